The quantitative estimate of drug-likeness (QED) is 0.875. The number of benzene rings is 1. The van der Waals surface area contributed by atoms with Gasteiger partial charge in [-0.1, -0.05) is 18.2 Å². The normalized spacial score (nSPS) is 11.0. The molecule has 2 rings (SSSR count). The molecule has 0 amide bonds. The van der Waals surface area contributed by atoms with Crippen LogP contribution in [0.4, 0.5) is 11.4 Å². The molecule has 0 aliphatic carbocycles. The Balaban J connectivity index is 2.66. The van der Waals surface area contributed by atoms with Gasteiger partial charge in [0.15, 0.2) is 5.69 Å². The Morgan fingerprint density at radius 1 is 1.23 bits per heavy atom. The van der Waals surface area contributed by atoms with Crippen LogP contribution in [0, 0.1) is 18.3 Å². The number of pyridine rings is 1. The van der Waals surface area contributed by atoms with E-state index in [2.05, 4.69) is 10.2 Å². The van der Waals surface area contributed by atoms with Gasteiger partial charge >= 0.3 is 0 Å². The Bertz CT molecular complexity index is 815. The van der Waals surface area contributed by atoms with E-state index in [1.54, 1.807) is 32.9 Å². The highest BCUT2D eigenvalue weighted by molar-refractivity contribution is 5.56. The van der Waals surface area contributed by atoms with Gasteiger partial charge in [0.2, 0.25) is 5.88 Å². The molecule has 0 atom stereocenters. The highest BCUT2D eigenvalue weighted by atomic mass is 16.3. The fourth-order valence-electron chi connectivity index (χ4n) is 2.11. The zero-order valence-corrected chi connectivity index (χ0v) is 12.6. The summed E-state index contributed by atoms with van der Waals surface area (Å²) in [5.74, 6) is -0.335. The third-order valence-corrected chi connectivity index (χ3v) is 3.25. The minimum absolute atomic E-state index is 0.0373. The Hall–Kier alpha value is -2.94. The number of aromatic hydroxyl groups is 1. The van der Waals surface area contributed by atoms with Gasteiger partial charge in [-0.05, 0) is 32.9 Å². The van der Waals surface area contributed by atoms with E-state index in [1.807, 2.05) is 24.3 Å². The Morgan fingerprint density at radius 2 is 1.86 bits per heavy atom. The summed E-state index contributed by atoms with van der Waals surface area (Å²) >= 11 is 0. The van der Waals surface area contributed by atoms with Gasteiger partial charge in [0.25, 0.3) is 5.56 Å². The van der Waals surface area contributed by atoms with Crippen LogP contribution in [-0.4, -0.2) is 9.67 Å². The van der Waals surface area contributed by atoms with Crippen molar-refractivity contribution < 1.29 is 5.11 Å². The number of nitrogens with zero attached hydrogens (tertiary/aromatic N) is 4. The second kappa shape index (κ2) is 6.22. The van der Waals surface area contributed by atoms with Crippen LogP contribution < -0.4 is 5.56 Å². The topological polar surface area (TPSA) is 90.7 Å². The van der Waals surface area contributed by atoms with E-state index in [4.69, 9.17) is 0 Å². The first-order valence-electron chi connectivity index (χ1n) is 6.82. The van der Waals surface area contributed by atoms with E-state index in [-0.39, 0.29) is 23.2 Å². The summed E-state index contributed by atoms with van der Waals surface area (Å²) in [5.41, 5.74) is 0.552. The van der Waals surface area contributed by atoms with Gasteiger partial charge in [0.05, 0.1) is 5.69 Å². The molecule has 0 radical (unpaired) electrons. The molecule has 22 heavy (non-hydrogen) atoms. The van der Waals surface area contributed by atoms with Crippen LogP contribution in [-0.2, 0) is 0 Å². The predicted octanol–water partition coefficient (Wildman–Crippen LogP) is 3.73. The van der Waals surface area contributed by atoms with Gasteiger partial charge in [0, 0.05) is 11.6 Å². The second-order valence-electron chi connectivity index (χ2n) is 5.09. The summed E-state index contributed by atoms with van der Waals surface area (Å²) in [7, 11) is 0. The Morgan fingerprint density at radius 3 is 2.41 bits per heavy atom. The lowest BCUT2D eigenvalue weighted by atomic mass is 10.1. The zero-order valence-electron chi connectivity index (χ0n) is 12.6. The monoisotopic (exact) mass is 296 g/mol. The largest absolute Gasteiger partial charge is 0.493 e. The summed E-state index contributed by atoms with van der Waals surface area (Å²) < 4.78 is 1.14. The van der Waals surface area contributed by atoms with E-state index in [1.165, 1.54) is 0 Å². The van der Waals surface area contributed by atoms with Crippen LogP contribution >= 0.6 is 0 Å². The average Bonchev–Trinajstić information content (AvgIpc) is 2.48. The zero-order chi connectivity index (χ0) is 16.3. The smallest absolute Gasteiger partial charge is 0.281 e. The number of hydrogen-bond donors (Lipinski definition) is 1. The lowest BCUT2D eigenvalue weighted by molar-refractivity contribution is 0.386. The first-order chi connectivity index (χ1) is 10.5. The Labute approximate surface area is 128 Å². The van der Waals surface area contributed by atoms with Crippen LogP contribution in [0.5, 0.6) is 5.88 Å². The van der Waals surface area contributed by atoms with Crippen molar-refractivity contribution >= 4 is 11.4 Å². The van der Waals surface area contributed by atoms with Gasteiger partial charge in [-0.15, -0.1) is 5.11 Å². The lowest BCUT2D eigenvalue weighted by Crippen LogP contribution is -2.23. The van der Waals surface area contributed by atoms with Gasteiger partial charge in [0.1, 0.15) is 11.6 Å². The minimum Gasteiger partial charge on any atom is -0.493 e. The maximum absolute atomic E-state index is 12.5. The van der Waals surface area contributed by atoms with Crippen molar-refractivity contribution in [3.63, 3.8) is 0 Å². The van der Waals surface area contributed by atoms with E-state index in [0.717, 1.165) is 4.57 Å². The molecule has 0 fully saturated rings. The van der Waals surface area contributed by atoms with Crippen molar-refractivity contribution in [1.82, 2.24) is 4.57 Å². The second-order valence-corrected chi connectivity index (χ2v) is 5.09. The van der Waals surface area contributed by atoms with Crippen molar-refractivity contribution in [1.29, 1.82) is 5.26 Å². The van der Waals surface area contributed by atoms with Crippen molar-refractivity contribution in [2.24, 2.45) is 10.2 Å². The predicted molar refractivity (Wildman–Crippen MR) is 82.8 cm³/mol. The minimum atomic E-state index is -0.469. The molecule has 112 valence electrons. The summed E-state index contributed by atoms with van der Waals surface area (Å²) in [4.78, 5) is 12.5. The third kappa shape index (κ3) is 2.74. The molecular formula is C16H16N4O2. The molecule has 2 aromatic rings. The van der Waals surface area contributed by atoms with Gasteiger partial charge in [-0.25, -0.2) is 0 Å². The molecule has 0 aliphatic heterocycles. The van der Waals surface area contributed by atoms with E-state index < -0.39 is 5.56 Å². The number of azo groups is 1. The molecule has 0 saturated heterocycles. The van der Waals surface area contributed by atoms with Crippen LogP contribution in [0.3, 0.4) is 0 Å². The van der Waals surface area contributed by atoms with Gasteiger partial charge in [-0.3, -0.25) is 9.36 Å². The first kappa shape index (κ1) is 15.4. The fourth-order valence-corrected chi connectivity index (χ4v) is 2.11. The molecule has 6 nitrogen and oxygen atoms in total. The van der Waals surface area contributed by atoms with Crippen molar-refractivity contribution in [3.05, 3.63) is 51.8 Å². The number of aromatic nitrogens is 1. The fraction of sp³-hybridized carbons (Fsp3) is 0.250. The molecule has 6 heteroatoms. The highest BCUT2D eigenvalue weighted by Crippen LogP contribution is 2.28. The maximum atomic E-state index is 12.5. The van der Waals surface area contributed by atoms with Gasteiger partial charge in [-0.2, -0.15) is 10.4 Å². The summed E-state index contributed by atoms with van der Waals surface area (Å²) in [5, 5.41) is 27.3. The molecule has 0 bridgehead atoms. The van der Waals surface area contributed by atoms with Crippen LogP contribution in [0.25, 0.3) is 0 Å². The average molecular weight is 296 g/mol. The van der Waals surface area contributed by atoms with E-state index in [0.29, 0.717) is 11.3 Å². The SMILES string of the molecule is Cc1c(C#N)c(O)n(C(C)C)c(=O)c1N=Nc1ccccc1. The molecule has 1 aromatic carbocycles. The number of rotatable bonds is 3. The highest BCUT2D eigenvalue weighted by Gasteiger charge is 2.20. The molecule has 0 spiro atoms. The van der Waals surface area contributed by atoms with Crippen LogP contribution in [0.1, 0.15) is 31.0 Å². The standard InChI is InChI=1S/C16H16N4O2/c1-10(2)20-15(21)13(9-17)11(3)14(16(20)22)19-18-12-7-5-4-6-8-12/h4-8,10,21H,1-3H3. The summed E-state index contributed by atoms with van der Waals surface area (Å²) in [6.07, 6.45) is 0. The van der Waals surface area contributed by atoms with Crippen molar-refractivity contribution in [2.75, 3.05) is 0 Å². The van der Waals surface area contributed by atoms with Crippen LogP contribution in [0.2, 0.25) is 0 Å². The Kier molecular flexibility index (Phi) is 4.37. The number of hydrogen-bond acceptors (Lipinski definition) is 5. The summed E-state index contributed by atoms with van der Waals surface area (Å²) in [6, 6.07) is 10.6. The van der Waals surface area contributed by atoms with Crippen molar-refractivity contribution in [2.45, 2.75) is 26.8 Å². The molecule has 1 N–H and O–H groups in total. The third-order valence-electron chi connectivity index (χ3n) is 3.25. The molecule has 0 saturated carbocycles. The van der Waals surface area contributed by atoms with E-state index in [9.17, 15) is 15.2 Å². The molecule has 0 unspecified atom stereocenters. The van der Waals surface area contributed by atoms with Crippen molar-refractivity contribution in [3.8, 4) is 11.9 Å². The number of nitriles is 1. The van der Waals surface area contributed by atoms with Crippen LogP contribution in [0.15, 0.2) is 45.4 Å². The molecule has 0 aliphatic rings. The molecular weight excluding hydrogens is 280 g/mol. The lowest BCUT2D eigenvalue weighted by Gasteiger charge is -2.15. The molecule has 1 heterocycles. The maximum Gasteiger partial charge on any atom is 0.281 e. The van der Waals surface area contributed by atoms with Gasteiger partial charge < -0.3 is 5.11 Å². The molecule has 1 aromatic heterocycles. The van der Waals surface area contributed by atoms with E-state index >= 15 is 0 Å². The first-order valence-corrected chi connectivity index (χ1v) is 6.82. The summed E-state index contributed by atoms with van der Waals surface area (Å²) in [6.45, 7) is 5.06.